The average molecular weight is 694 g/mol. The molecular formula is C38H49BrO5Si. The summed E-state index contributed by atoms with van der Waals surface area (Å²) in [5, 5.41) is 2.60. The van der Waals surface area contributed by atoms with Gasteiger partial charge in [0.15, 0.2) is 6.29 Å². The van der Waals surface area contributed by atoms with Crippen molar-refractivity contribution in [3.05, 3.63) is 102 Å². The number of benzene rings is 3. The van der Waals surface area contributed by atoms with Gasteiger partial charge in [-0.2, -0.15) is 0 Å². The Morgan fingerprint density at radius 2 is 1.53 bits per heavy atom. The lowest BCUT2D eigenvalue weighted by Gasteiger charge is -2.43. The third kappa shape index (κ3) is 7.83. The number of hydrogen-bond donors (Lipinski definition) is 0. The van der Waals surface area contributed by atoms with E-state index in [0.29, 0.717) is 6.61 Å². The van der Waals surface area contributed by atoms with E-state index >= 15 is 0 Å². The highest BCUT2D eigenvalue weighted by atomic mass is 79.9. The summed E-state index contributed by atoms with van der Waals surface area (Å²) >= 11 is 3.56. The summed E-state index contributed by atoms with van der Waals surface area (Å²) in [6.07, 6.45) is 4.21. The Morgan fingerprint density at radius 1 is 0.911 bits per heavy atom. The molecule has 5 rings (SSSR count). The topological polar surface area (TPSA) is 46.2 Å². The summed E-state index contributed by atoms with van der Waals surface area (Å²) in [4.78, 5) is 0. The van der Waals surface area contributed by atoms with Crippen molar-refractivity contribution < 1.29 is 23.4 Å². The molecule has 2 saturated heterocycles. The van der Waals surface area contributed by atoms with E-state index in [1.807, 2.05) is 24.3 Å². The van der Waals surface area contributed by atoms with E-state index in [9.17, 15) is 0 Å². The molecule has 0 spiro atoms. The fraction of sp³-hybridized carbons (Fsp3) is 0.474. The molecule has 1 unspecified atom stereocenters. The van der Waals surface area contributed by atoms with E-state index in [1.165, 1.54) is 10.4 Å². The molecule has 0 radical (unpaired) electrons. The van der Waals surface area contributed by atoms with Gasteiger partial charge in [0.2, 0.25) is 0 Å². The van der Waals surface area contributed by atoms with Crippen molar-refractivity contribution in [2.75, 3.05) is 13.7 Å². The molecule has 2 aliphatic heterocycles. The van der Waals surface area contributed by atoms with Crippen LogP contribution in [-0.2, 0) is 18.6 Å². The first-order valence-electron chi connectivity index (χ1n) is 16.3. The van der Waals surface area contributed by atoms with Gasteiger partial charge in [-0.15, -0.1) is 0 Å². The van der Waals surface area contributed by atoms with E-state index in [1.54, 1.807) is 7.11 Å². The van der Waals surface area contributed by atoms with Crippen molar-refractivity contribution in [2.45, 2.75) is 95.5 Å². The van der Waals surface area contributed by atoms with Gasteiger partial charge < -0.3 is 23.4 Å². The highest BCUT2D eigenvalue weighted by Crippen LogP contribution is 2.42. The molecule has 3 aromatic rings. The molecule has 0 aliphatic carbocycles. The van der Waals surface area contributed by atoms with Crippen molar-refractivity contribution in [1.82, 2.24) is 0 Å². The summed E-state index contributed by atoms with van der Waals surface area (Å²) in [5.74, 6) is 1.04. The lowest BCUT2D eigenvalue weighted by atomic mass is 9.92. The first kappa shape index (κ1) is 34.1. The molecule has 6 atom stereocenters. The van der Waals surface area contributed by atoms with Crippen LogP contribution in [-0.4, -0.2) is 46.4 Å². The lowest BCUT2D eigenvalue weighted by molar-refractivity contribution is -0.0961. The standard InChI is InChI=1S/C38H49BrO5Si/c1-27(26-28(2)39)35-36(44-37(43-35)29-19-21-30(40-6)22-20-29)34-24-23-31(42-34)14-13-25-41-45(38(3,4)5,32-15-9-7-10-16-32)33-17-11-8-12-18-33/h7-12,15-22,27,31,34-37H,2,13-14,23-26H2,1,3-6H3/t27-,31+,34+,35-,36-,37?/m1/s1. The number of ether oxygens (including phenoxy) is 4. The fourth-order valence-electron chi connectivity index (χ4n) is 7.10. The Balaban J connectivity index is 1.24. The molecule has 0 N–H and O–H groups in total. The third-order valence-electron chi connectivity index (χ3n) is 9.29. The number of rotatable bonds is 13. The molecular weight excluding hydrogens is 644 g/mol. The highest BCUT2D eigenvalue weighted by molar-refractivity contribution is 9.11. The van der Waals surface area contributed by atoms with Crippen molar-refractivity contribution in [2.24, 2.45) is 5.92 Å². The smallest absolute Gasteiger partial charge is 0.261 e. The molecule has 3 aromatic carbocycles. The van der Waals surface area contributed by atoms with Crippen molar-refractivity contribution in [3.8, 4) is 5.75 Å². The number of allylic oxidation sites excluding steroid dienone is 1. The average Bonchev–Trinajstić information content (AvgIpc) is 3.69. The molecule has 7 heteroatoms. The minimum atomic E-state index is -2.54. The zero-order valence-corrected chi connectivity index (χ0v) is 30.0. The van der Waals surface area contributed by atoms with Crippen LogP contribution in [0.1, 0.15) is 71.7 Å². The minimum Gasteiger partial charge on any atom is -0.497 e. The van der Waals surface area contributed by atoms with E-state index in [4.69, 9.17) is 23.4 Å². The highest BCUT2D eigenvalue weighted by Gasteiger charge is 2.50. The van der Waals surface area contributed by atoms with Crippen LogP contribution >= 0.6 is 15.9 Å². The van der Waals surface area contributed by atoms with Crippen LogP contribution in [0.2, 0.25) is 5.04 Å². The van der Waals surface area contributed by atoms with Crippen LogP contribution < -0.4 is 15.1 Å². The van der Waals surface area contributed by atoms with Crippen LogP contribution in [0, 0.1) is 5.92 Å². The fourth-order valence-corrected chi connectivity index (χ4v) is 12.2. The van der Waals surface area contributed by atoms with Gasteiger partial charge in [-0.1, -0.05) is 123 Å². The van der Waals surface area contributed by atoms with Crippen LogP contribution in [0.15, 0.2) is 96.0 Å². The Hall–Kier alpha value is -2.26. The van der Waals surface area contributed by atoms with Crippen molar-refractivity contribution in [1.29, 1.82) is 0 Å². The van der Waals surface area contributed by atoms with E-state index in [2.05, 4.69) is 111 Å². The molecule has 2 aliphatic rings. The maximum absolute atomic E-state index is 7.13. The van der Waals surface area contributed by atoms with Gasteiger partial charge in [0, 0.05) is 12.2 Å². The van der Waals surface area contributed by atoms with Gasteiger partial charge >= 0.3 is 0 Å². The van der Waals surface area contributed by atoms with Gasteiger partial charge in [0.1, 0.15) is 11.9 Å². The molecule has 0 bridgehead atoms. The second-order valence-electron chi connectivity index (χ2n) is 13.5. The van der Waals surface area contributed by atoms with Gasteiger partial charge in [-0.25, -0.2) is 0 Å². The van der Waals surface area contributed by atoms with Crippen molar-refractivity contribution in [3.63, 3.8) is 0 Å². The zero-order chi connectivity index (χ0) is 32.0. The maximum Gasteiger partial charge on any atom is 0.261 e. The molecule has 0 saturated carbocycles. The summed E-state index contributed by atoms with van der Waals surface area (Å²) < 4.78 is 33.4. The second-order valence-corrected chi connectivity index (χ2v) is 19.0. The SMILES string of the molecule is C=C(Br)C[C@@H](C)[C@H]1OC(c2ccc(OC)cc2)O[C@@H]1[C@@H]1CC[C@H](CCCO[Si](c2ccccc2)(c2ccccc2)C(C)(C)C)O1. The Kier molecular flexibility index (Phi) is 11.4. The molecule has 242 valence electrons. The Labute approximate surface area is 279 Å². The molecule has 2 heterocycles. The van der Waals surface area contributed by atoms with E-state index < -0.39 is 14.6 Å². The molecule has 2 fully saturated rings. The summed E-state index contributed by atoms with van der Waals surface area (Å²) in [7, 11) is -0.864. The minimum absolute atomic E-state index is 0.00751. The van der Waals surface area contributed by atoms with E-state index in [-0.39, 0.29) is 35.4 Å². The van der Waals surface area contributed by atoms with Crippen LogP contribution in [0.5, 0.6) is 5.75 Å². The Morgan fingerprint density at radius 3 is 2.09 bits per heavy atom. The van der Waals surface area contributed by atoms with Crippen molar-refractivity contribution >= 4 is 34.6 Å². The quantitative estimate of drug-likeness (QED) is 0.133. The summed E-state index contributed by atoms with van der Waals surface area (Å²) in [6.45, 7) is 14.0. The largest absolute Gasteiger partial charge is 0.497 e. The van der Waals surface area contributed by atoms with E-state index in [0.717, 1.165) is 47.9 Å². The lowest BCUT2D eigenvalue weighted by Crippen LogP contribution is -2.66. The molecule has 0 amide bonds. The van der Waals surface area contributed by atoms with Gasteiger partial charge in [-0.3, -0.25) is 0 Å². The third-order valence-corrected chi connectivity index (χ3v) is 14.7. The normalized spacial score (nSPS) is 24.4. The predicted octanol–water partition coefficient (Wildman–Crippen LogP) is 8.32. The van der Waals surface area contributed by atoms with Crippen LogP contribution in [0.3, 0.4) is 0 Å². The van der Waals surface area contributed by atoms with Crippen LogP contribution in [0.25, 0.3) is 0 Å². The first-order chi connectivity index (χ1) is 21.6. The summed E-state index contributed by atoms with van der Waals surface area (Å²) in [6, 6.07) is 29.7. The Bertz CT molecular complexity index is 1320. The second kappa shape index (κ2) is 15.1. The number of methoxy groups -OCH3 is 1. The number of halogens is 1. The molecule has 0 aromatic heterocycles. The zero-order valence-electron chi connectivity index (χ0n) is 27.4. The van der Waals surface area contributed by atoms with Gasteiger partial charge in [0.25, 0.3) is 8.32 Å². The monoisotopic (exact) mass is 692 g/mol. The maximum atomic E-state index is 7.13. The first-order valence-corrected chi connectivity index (χ1v) is 19.0. The molecule has 45 heavy (non-hydrogen) atoms. The van der Waals surface area contributed by atoms with Crippen LogP contribution in [0.4, 0.5) is 0 Å². The number of hydrogen-bond acceptors (Lipinski definition) is 5. The predicted molar refractivity (Wildman–Crippen MR) is 188 cm³/mol. The molecule has 5 nitrogen and oxygen atoms in total. The van der Waals surface area contributed by atoms with Gasteiger partial charge in [-0.05, 0) is 70.0 Å². The summed E-state index contributed by atoms with van der Waals surface area (Å²) in [5.41, 5.74) is 0.989. The van der Waals surface area contributed by atoms with Gasteiger partial charge in [0.05, 0.1) is 25.4 Å².